The van der Waals surface area contributed by atoms with E-state index in [0.29, 0.717) is 37.0 Å². The first-order valence-electron chi connectivity index (χ1n) is 9.81. The Morgan fingerprint density at radius 1 is 1.13 bits per heavy atom. The number of fused-ring (bicyclic) bond motifs is 2. The normalized spacial score (nSPS) is 16.2. The van der Waals surface area contributed by atoms with Crippen molar-refractivity contribution in [1.82, 2.24) is 18.0 Å². The van der Waals surface area contributed by atoms with Gasteiger partial charge in [-0.15, -0.1) is 11.3 Å². The number of nitrogens with one attached hydrogen (secondary N) is 1. The number of aryl methyl sites for hydroxylation is 1. The Labute approximate surface area is 187 Å². The molecule has 2 aromatic carbocycles. The number of thiazole rings is 1. The van der Waals surface area contributed by atoms with Crippen LogP contribution in [0, 0.1) is 12.8 Å². The number of hydrogen-bond acceptors (Lipinski definition) is 8. The van der Waals surface area contributed by atoms with Crippen LogP contribution in [0.3, 0.4) is 0 Å². The largest absolute Gasteiger partial charge is 0.326 e. The second-order valence-corrected chi connectivity index (χ2v) is 11.1. The van der Waals surface area contributed by atoms with Crippen LogP contribution < -0.4 is 5.32 Å². The fourth-order valence-electron chi connectivity index (χ4n) is 3.85. The second-order valence-electron chi connectivity index (χ2n) is 7.47. The highest BCUT2D eigenvalue weighted by Crippen LogP contribution is 2.29. The number of sulfonamides is 1. The van der Waals surface area contributed by atoms with Crippen LogP contribution in [0.25, 0.3) is 21.3 Å². The minimum absolute atomic E-state index is 0.0802. The minimum atomic E-state index is -3.69. The van der Waals surface area contributed by atoms with Crippen molar-refractivity contribution in [2.24, 2.45) is 5.92 Å². The predicted octanol–water partition coefficient (Wildman–Crippen LogP) is 3.65. The molecule has 0 atom stereocenters. The third-order valence-corrected chi connectivity index (χ3v) is 8.86. The number of nitrogens with zero attached hydrogens (tertiary/aromatic N) is 4. The lowest BCUT2D eigenvalue weighted by Crippen LogP contribution is -2.41. The number of carbonyl (C=O) groups excluding carboxylic acids is 1. The first-order valence-corrected chi connectivity index (χ1v) is 12.8. The van der Waals surface area contributed by atoms with Crippen LogP contribution in [0.15, 0.2) is 41.3 Å². The molecule has 1 amide bonds. The zero-order valence-corrected chi connectivity index (χ0v) is 19.1. The van der Waals surface area contributed by atoms with Gasteiger partial charge in [-0.05, 0) is 50.1 Å². The number of piperidine rings is 1. The Morgan fingerprint density at radius 3 is 2.74 bits per heavy atom. The number of carbonyl (C=O) groups is 1. The molecule has 0 radical (unpaired) electrons. The summed E-state index contributed by atoms with van der Waals surface area (Å²) in [5.74, 6) is -0.314. The van der Waals surface area contributed by atoms with Crippen molar-refractivity contribution >= 4 is 65.9 Å². The van der Waals surface area contributed by atoms with Gasteiger partial charge in [-0.3, -0.25) is 4.79 Å². The van der Waals surface area contributed by atoms with E-state index in [9.17, 15) is 13.2 Å². The minimum Gasteiger partial charge on any atom is -0.326 e. The van der Waals surface area contributed by atoms with E-state index in [2.05, 4.69) is 19.0 Å². The van der Waals surface area contributed by atoms with Crippen molar-refractivity contribution in [2.75, 3.05) is 18.4 Å². The summed E-state index contributed by atoms with van der Waals surface area (Å²) in [6.45, 7) is 2.54. The molecule has 8 nitrogen and oxygen atoms in total. The number of hydrogen-bond donors (Lipinski definition) is 1. The molecule has 0 saturated carbocycles. The van der Waals surface area contributed by atoms with Crippen molar-refractivity contribution in [1.29, 1.82) is 0 Å². The number of anilines is 1. The maximum atomic E-state index is 13.2. The molecule has 2 aromatic heterocycles. The Bertz CT molecular complexity index is 1390. The fraction of sp³-hybridized carbons (Fsp3) is 0.300. The summed E-state index contributed by atoms with van der Waals surface area (Å²) in [6.07, 6.45) is 0.941. The van der Waals surface area contributed by atoms with Gasteiger partial charge in [0.2, 0.25) is 15.9 Å². The highest BCUT2D eigenvalue weighted by molar-refractivity contribution is 7.89. The van der Waals surface area contributed by atoms with Crippen molar-refractivity contribution in [3.05, 3.63) is 41.4 Å². The molecule has 1 fully saturated rings. The van der Waals surface area contributed by atoms with Crippen LogP contribution in [0.2, 0.25) is 0 Å². The molecule has 160 valence electrons. The van der Waals surface area contributed by atoms with Crippen molar-refractivity contribution in [3.8, 4) is 0 Å². The molecule has 5 rings (SSSR count). The molecule has 0 unspecified atom stereocenters. The van der Waals surface area contributed by atoms with Gasteiger partial charge in [-0.1, -0.05) is 6.07 Å². The Morgan fingerprint density at radius 2 is 1.94 bits per heavy atom. The fourth-order valence-corrected chi connectivity index (χ4v) is 6.94. The molecule has 0 spiro atoms. The van der Waals surface area contributed by atoms with Gasteiger partial charge in [0.05, 0.1) is 27.0 Å². The molecular formula is C20H19N5O3S3. The van der Waals surface area contributed by atoms with Crippen LogP contribution in [-0.4, -0.2) is 45.5 Å². The van der Waals surface area contributed by atoms with E-state index in [1.165, 1.54) is 4.31 Å². The van der Waals surface area contributed by atoms with E-state index in [1.807, 2.05) is 25.1 Å². The van der Waals surface area contributed by atoms with Gasteiger partial charge in [-0.25, -0.2) is 13.4 Å². The highest BCUT2D eigenvalue weighted by atomic mass is 32.2. The maximum absolute atomic E-state index is 13.2. The van der Waals surface area contributed by atoms with Crippen LogP contribution in [0.4, 0.5) is 5.69 Å². The summed E-state index contributed by atoms with van der Waals surface area (Å²) in [5.41, 5.74) is 2.64. The van der Waals surface area contributed by atoms with Gasteiger partial charge in [0.15, 0.2) is 0 Å². The van der Waals surface area contributed by atoms with E-state index in [-0.39, 0.29) is 16.7 Å². The van der Waals surface area contributed by atoms with Crippen molar-refractivity contribution in [3.63, 3.8) is 0 Å². The van der Waals surface area contributed by atoms with Crippen molar-refractivity contribution < 1.29 is 13.2 Å². The average molecular weight is 474 g/mol. The number of aromatic nitrogens is 3. The topological polar surface area (TPSA) is 105 Å². The lowest BCUT2D eigenvalue weighted by Gasteiger charge is -2.30. The van der Waals surface area contributed by atoms with Crippen molar-refractivity contribution in [2.45, 2.75) is 24.7 Å². The number of benzene rings is 2. The third-order valence-electron chi connectivity index (χ3n) is 5.45. The second kappa shape index (κ2) is 7.90. The molecule has 11 heteroatoms. The Kier molecular flexibility index (Phi) is 5.21. The molecular weight excluding hydrogens is 454 g/mol. The van der Waals surface area contributed by atoms with E-state index >= 15 is 0 Å². The van der Waals surface area contributed by atoms with E-state index in [4.69, 9.17) is 0 Å². The van der Waals surface area contributed by atoms with Crippen LogP contribution in [0.5, 0.6) is 0 Å². The van der Waals surface area contributed by atoms with E-state index in [1.54, 1.807) is 29.5 Å². The average Bonchev–Trinajstić information content (AvgIpc) is 3.38. The summed E-state index contributed by atoms with van der Waals surface area (Å²) < 4.78 is 37.0. The van der Waals surface area contributed by atoms with Gasteiger partial charge < -0.3 is 5.32 Å². The standard InChI is InChI=1S/C20H19N5O3S3/c1-12-21-15-6-5-14(11-17(15)29-12)22-20(26)13-7-9-25(10-8-13)31(27,28)18-4-2-3-16-19(18)24-30-23-16/h2-6,11,13H,7-10H2,1H3,(H,22,26). The summed E-state index contributed by atoms with van der Waals surface area (Å²) >= 11 is 2.58. The first-order chi connectivity index (χ1) is 14.9. The number of amides is 1. The van der Waals surface area contributed by atoms with E-state index in [0.717, 1.165) is 32.6 Å². The molecule has 3 heterocycles. The summed E-state index contributed by atoms with van der Waals surface area (Å²) in [5, 5.41) is 3.96. The Hall–Kier alpha value is -2.47. The number of rotatable bonds is 4. The summed E-state index contributed by atoms with van der Waals surface area (Å²) in [7, 11) is -3.69. The summed E-state index contributed by atoms with van der Waals surface area (Å²) in [6, 6.07) is 10.7. The monoisotopic (exact) mass is 473 g/mol. The quantitative estimate of drug-likeness (QED) is 0.485. The first kappa shape index (κ1) is 20.4. The molecule has 1 aliphatic rings. The lowest BCUT2D eigenvalue weighted by molar-refractivity contribution is -0.120. The SMILES string of the molecule is Cc1nc2ccc(NC(=O)C3CCN(S(=O)(=O)c4cccc5nsnc45)CC3)cc2s1. The van der Waals surface area contributed by atoms with Crippen LogP contribution in [0.1, 0.15) is 17.8 Å². The van der Waals surface area contributed by atoms with Gasteiger partial charge in [0, 0.05) is 24.7 Å². The van der Waals surface area contributed by atoms with Crippen LogP contribution in [-0.2, 0) is 14.8 Å². The van der Waals surface area contributed by atoms with Crippen LogP contribution >= 0.6 is 23.1 Å². The molecule has 31 heavy (non-hydrogen) atoms. The lowest BCUT2D eigenvalue weighted by atomic mass is 9.97. The molecule has 1 aliphatic heterocycles. The molecule has 0 bridgehead atoms. The molecule has 1 saturated heterocycles. The Balaban J connectivity index is 1.27. The van der Waals surface area contributed by atoms with Gasteiger partial charge in [0.25, 0.3) is 0 Å². The molecule has 4 aromatic rings. The van der Waals surface area contributed by atoms with E-state index < -0.39 is 10.0 Å². The molecule has 0 aliphatic carbocycles. The molecule has 1 N–H and O–H groups in total. The van der Waals surface area contributed by atoms with Gasteiger partial charge in [-0.2, -0.15) is 13.1 Å². The third kappa shape index (κ3) is 3.82. The van der Waals surface area contributed by atoms with Gasteiger partial charge in [0.1, 0.15) is 15.9 Å². The maximum Gasteiger partial charge on any atom is 0.245 e. The highest BCUT2D eigenvalue weighted by Gasteiger charge is 2.33. The predicted molar refractivity (Wildman–Crippen MR) is 122 cm³/mol. The zero-order valence-electron chi connectivity index (χ0n) is 16.6. The smallest absolute Gasteiger partial charge is 0.245 e. The van der Waals surface area contributed by atoms with Gasteiger partial charge >= 0.3 is 0 Å². The summed E-state index contributed by atoms with van der Waals surface area (Å²) in [4.78, 5) is 17.4. The zero-order chi connectivity index (χ0) is 21.6.